The van der Waals surface area contributed by atoms with Crippen molar-refractivity contribution in [1.29, 1.82) is 0 Å². The molecule has 0 saturated heterocycles. The number of hydrogen-bond acceptors (Lipinski definition) is 5. The standard InChI is InChI=1S/C22H32N4O4S/c1-22(2,3)26-31(27,28)20-10-8-7-9-17(20)15-25-21(23-4)24-14-16-11-12-18(29-5)13-19(16)30-6/h7-13,26H,14-15H2,1-6H3,(H2,23,24,25). The Bertz CT molecular complexity index is 1010. The maximum Gasteiger partial charge on any atom is 0.241 e. The lowest BCUT2D eigenvalue weighted by molar-refractivity contribution is 0.390. The average molecular weight is 449 g/mol. The van der Waals surface area contributed by atoms with E-state index >= 15 is 0 Å². The van der Waals surface area contributed by atoms with Crippen LogP contribution in [0.3, 0.4) is 0 Å². The molecule has 0 aliphatic rings. The van der Waals surface area contributed by atoms with Crippen LogP contribution in [-0.4, -0.2) is 41.2 Å². The van der Waals surface area contributed by atoms with E-state index in [0.717, 1.165) is 5.56 Å². The van der Waals surface area contributed by atoms with Gasteiger partial charge in [-0.25, -0.2) is 13.1 Å². The van der Waals surface area contributed by atoms with Gasteiger partial charge in [0.25, 0.3) is 0 Å². The van der Waals surface area contributed by atoms with Gasteiger partial charge in [-0.05, 0) is 44.5 Å². The number of methoxy groups -OCH3 is 2. The number of ether oxygens (including phenoxy) is 2. The molecule has 8 nitrogen and oxygen atoms in total. The summed E-state index contributed by atoms with van der Waals surface area (Å²) in [7, 11) is 1.21. The van der Waals surface area contributed by atoms with Gasteiger partial charge in [0.1, 0.15) is 11.5 Å². The Morgan fingerprint density at radius 3 is 2.19 bits per heavy atom. The number of rotatable bonds is 8. The largest absolute Gasteiger partial charge is 0.497 e. The molecule has 0 amide bonds. The minimum absolute atomic E-state index is 0.240. The number of benzene rings is 2. The van der Waals surface area contributed by atoms with E-state index < -0.39 is 15.6 Å². The third kappa shape index (κ3) is 7.15. The van der Waals surface area contributed by atoms with Gasteiger partial charge < -0.3 is 20.1 Å². The summed E-state index contributed by atoms with van der Waals surface area (Å²) in [6.07, 6.45) is 0. The first kappa shape index (κ1) is 24.5. The summed E-state index contributed by atoms with van der Waals surface area (Å²) in [4.78, 5) is 4.46. The summed E-state index contributed by atoms with van der Waals surface area (Å²) < 4.78 is 39.0. The number of aliphatic imine (C=N–C) groups is 1. The van der Waals surface area contributed by atoms with E-state index in [4.69, 9.17) is 9.47 Å². The van der Waals surface area contributed by atoms with Gasteiger partial charge in [0.15, 0.2) is 5.96 Å². The molecule has 2 aromatic rings. The monoisotopic (exact) mass is 448 g/mol. The van der Waals surface area contributed by atoms with Gasteiger partial charge in [0, 0.05) is 37.3 Å². The third-order valence-corrected chi connectivity index (χ3v) is 6.17. The van der Waals surface area contributed by atoms with Crippen molar-refractivity contribution in [3.63, 3.8) is 0 Å². The molecule has 170 valence electrons. The first-order chi connectivity index (χ1) is 14.6. The molecule has 0 aliphatic carbocycles. The summed E-state index contributed by atoms with van der Waals surface area (Å²) in [6, 6.07) is 12.5. The van der Waals surface area contributed by atoms with E-state index in [0.29, 0.717) is 36.1 Å². The predicted molar refractivity (Wildman–Crippen MR) is 123 cm³/mol. The smallest absolute Gasteiger partial charge is 0.241 e. The highest BCUT2D eigenvalue weighted by Crippen LogP contribution is 2.24. The minimum atomic E-state index is -3.65. The summed E-state index contributed by atoms with van der Waals surface area (Å²) in [5.74, 6) is 1.95. The molecular formula is C22H32N4O4S. The van der Waals surface area contributed by atoms with E-state index in [-0.39, 0.29) is 4.90 Å². The van der Waals surface area contributed by atoms with Gasteiger partial charge in [-0.2, -0.15) is 0 Å². The van der Waals surface area contributed by atoms with Gasteiger partial charge in [-0.3, -0.25) is 4.99 Å². The zero-order valence-corrected chi connectivity index (χ0v) is 19.8. The third-order valence-electron chi connectivity index (χ3n) is 4.31. The molecule has 0 atom stereocenters. The molecule has 31 heavy (non-hydrogen) atoms. The molecule has 2 aromatic carbocycles. The molecule has 0 saturated carbocycles. The van der Waals surface area contributed by atoms with Crippen molar-refractivity contribution in [2.75, 3.05) is 21.3 Å². The lowest BCUT2D eigenvalue weighted by atomic mass is 10.1. The van der Waals surface area contributed by atoms with Gasteiger partial charge >= 0.3 is 0 Å². The molecule has 0 heterocycles. The average Bonchev–Trinajstić information content (AvgIpc) is 2.72. The van der Waals surface area contributed by atoms with Crippen LogP contribution in [-0.2, 0) is 23.1 Å². The fraction of sp³-hybridized carbons (Fsp3) is 0.409. The van der Waals surface area contributed by atoms with Crippen molar-refractivity contribution in [2.45, 2.75) is 44.3 Å². The molecule has 0 unspecified atom stereocenters. The van der Waals surface area contributed by atoms with Gasteiger partial charge in [0.05, 0.1) is 19.1 Å². The van der Waals surface area contributed by atoms with Crippen LogP contribution in [0.2, 0.25) is 0 Å². The number of nitrogens with zero attached hydrogens (tertiary/aromatic N) is 1. The predicted octanol–water partition coefficient (Wildman–Crippen LogP) is 2.65. The van der Waals surface area contributed by atoms with Crippen LogP contribution in [0, 0.1) is 0 Å². The van der Waals surface area contributed by atoms with Gasteiger partial charge in [-0.15, -0.1) is 0 Å². The quantitative estimate of drug-likeness (QED) is 0.424. The zero-order chi connectivity index (χ0) is 23.1. The lowest BCUT2D eigenvalue weighted by Gasteiger charge is -2.22. The summed E-state index contributed by atoms with van der Waals surface area (Å²) in [5, 5.41) is 6.39. The van der Waals surface area contributed by atoms with E-state index in [1.54, 1.807) is 39.5 Å². The maximum atomic E-state index is 12.8. The zero-order valence-electron chi connectivity index (χ0n) is 18.9. The molecule has 0 fully saturated rings. The fourth-order valence-electron chi connectivity index (χ4n) is 2.95. The van der Waals surface area contributed by atoms with E-state index in [9.17, 15) is 8.42 Å². The molecule has 0 radical (unpaired) electrons. The first-order valence-electron chi connectivity index (χ1n) is 9.87. The van der Waals surface area contributed by atoms with E-state index in [1.165, 1.54) is 0 Å². The van der Waals surface area contributed by atoms with Crippen LogP contribution < -0.4 is 24.8 Å². The van der Waals surface area contributed by atoms with Crippen LogP contribution in [0.15, 0.2) is 52.4 Å². The molecular weight excluding hydrogens is 416 g/mol. The number of sulfonamides is 1. The second-order valence-corrected chi connectivity index (χ2v) is 9.57. The highest BCUT2D eigenvalue weighted by atomic mass is 32.2. The van der Waals surface area contributed by atoms with Crippen molar-refractivity contribution in [1.82, 2.24) is 15.4 Å². The summed E-state index contributed by atoms with van der Waals surface area (Å²) in [5.41, 5.74) is 1.00. The molecule has 0 bridgehead atoms. The second-order valence-electron chi connectivity index (χ2n) is 7.92. The van der Waals surface area contributed by atoms with Crippen LogP contribution in [0.4, 0.5) is 0 Å². The van der Waals surface area contributed by atoms with E-state index in [1.807, 2.05) is 45.0 Å². The lowest BCUT2D eigenvalue weighted by Crippen LogP contribution is -2.41. The Balaban J connectivity index is 2.09. The van der Waals surface area contributed by atoms with Crippen LogP contribution in [0.5, 0.6) is 11.5 Å². The minimum Gasteiger partial charge on any atom is -0.497 e. The van der Waals surface area contributed by atoms with Crippen molar-refractivity contribution >= 4 is 16.0 Å². The number of nitrogens with one attached hydrogen (secondary N) is 3. The molecule has 0 aromatic heterocycles. The van der Waals surface area contributed by atoms with Crippen molar-refractivity contribution in [2.24, 2.45) is 4.99 Å². The number of hydrogen-bond donors (Lipinski definition) is 3. The molecule has 9 heteroatoms. The Morgan fingerprint density at radius 1 is 0.968 bits per heavy atom. The van der Waals surface area contributed by atoms with Gasteiger partial charge in [0.2, 0.25) is 10.0 Å². The fourth-order valence-corrected chi connectivity index (χ4v) is 4.61. The number of guanidine groups is 1. The van der Waals surface area contributed by atoms with Crippen molar-refractivity contribution < 1.29 is 17.9 Å². The van der Waals surface area contributed by atoms with Crippen molar-refractivity contribution in [3.8, 4) is 11.5 Å². The summed E-state index contributed by atoms with van der Waals surface area (Å²) in [6.45, 7) is 6.19. The Hall–Kier alpha value is -2.78. The molecule has 3 N–H and O–H groups in total. The van der Waals surface area contributed by atoms with Crippen LogP contribution in [0.1, 0.15) is 31.9 Å². The molecule has 0 spiro atoms. The highest BCUT2D eigenvalue weighted by molar-refractivity contribution is 7.89. The molecule has 2 rings (SSSR count). The second kappa shape index (κ2) is 10.5. The van der Waals surface area contributed by atoms with Crippen LogP contribution >= 0.6 is 0 Å². The van der Waals surface area contributed by atoms with Crippen LogP contribution in [0.25, 0.3) is 0 Å². The Kier molecular flexibility index (Phi) is 8.29. The Labute approximate surface area is 185 Å². The highest BCUT2D eigenvalue weighted by Gasteiger charge is 2.24. The topological polar surface area (TPSA) is 101 Å². The Morgan fingerprint density at radius 2 is 1.61 bits per heavy atom. The van der Waals surface area contributed by atoms with E-state index in [2.05, 4.69) is 20.3 Å². The van der Waals surface area contributed by atoms with Crippen molar-refractivity contribution in [3.05, 3.63) is 53.6 Å². The molecule has 0 aliphatic heterocycles. The first-order valence-corrected chi connectivity index (χ1v) is 11.3. The SMILES string of the molecule is CN=C(NCc1ccc(OC)cc1OC)NCc1ccccc1S(=O)(=O)NC(C)(C)C. The normalized spacial score (nSPS) is 12.4. The van der Waals surface area contributed by atoms with Gasteiger partial charge in [-0.1, -0.05) is 18.2 Å². The summed E-state index contributed by atoms with van der Waals surface area (Å²) >= 11 is 0. The maximum absolute atomic E-state index is 12.8.